The van der Waals surface area contributed by atoms with E-state index in [9.17, 15) is 13.2 Å². The molecular formula is C12H17NO5S. The second-order valence-corrected chi connectivity index (χ2v) is 6.03. The van der Waals surface area contributed by atoms with Gasteiger partial charge in [0.1, 0.15) is 0 Å². The van der Waals surface area contributed by atoms with Crippen molar-refractivity contribution in [2.45, 2.75) is 13.8 Å². The van der Waals surface area contributed by atoms with Gasteiger partial charge in [-0.25, -0.2) is 13.2 Å². The number of carboxylic acids is 1. The Morgan fingerprint density at radius 2 is 2.00 bits per heavy atom. The van der Waals surface area contributed by atoms with Crippen LogP contribution < -0.4 is 4.72 Å². The summed E-state index contributed by atoms with van der Waals surface area (Å²) in [5.74, 6) is -1.27. The molecule has 0 aliphatic heterocycles. The second kappa shape index (κ2) is 6.03. The average Bonchev–Trinajstić information content (AvgIpc) is 2.30. The van der Waals surface area contributed by atoms with Crippen LogP contribution in [0.1, 0.15) is 21.5 Å². The first kappa shape index (κ1) is 15.5. The molecule has 0 saturated heterocycles. The van der Waals surface area contributed by atoms with Gasteiger partial charge in [-0.05, 0) is 37.1 Å². The number of rotatable bonds is 6. The molecule has 0 amide bonds. The number of hydrogen-bond donors (Lipinski definition) is 2. The number of aromatic carboxylic acids is 1. The third kappa shape index (κ3) is 4.22. The topological polar surface area (TPSA) is 92.7 Å². The largest absolute Gasteiger partial charge is 0.478 e. The maximum Gasteiger partial charge on any atom is 0.336 e. The molecule has 1 aromatic carbocycles. The van der Waals surface area contributed by atoms with Crippen molar-refractivity contribution in [2.75, 3.05) is 24.2 Å². The number of benzene rings is 1. The highest BCUT2D eigenvalue weighted by molar-refractivity contribution is 7.92. The molecule has 7 heteroatoms. The van der Waals surface area contributed by atoms with Crippen molar-refractivity contribution >= 4 is 21.7 Å². The van der Waals surface area contributed by atoms with Gasteiger partial charge in [0.25, 0.3) is 0 Å². The minimum absolute atomic E-state index is 0.0754. The fourth-order valence-electron chi connectivity index (χ4n) is 1.56. The Hall–Kier alpha value is -1.60. The predicted octanol–water partition coefficient (Wildman–Crippen LogP) is 1.39. The SMILES string of the molecule is COCCS(=O)(=O)Nc1cc(C)c(C)c(C(=O)O)c1. The molecule has 0 spiro atoms. The van der Waals surface area contributed by atoms with Crippen LogP contribution in [0.25, 0.3) is 0 Å². The fourth-order valence-corrected chi connectivity index (χ4v) is 2.53. The zero-order chi connectivity index (χ0) is 14.6. The molecular weight excluding hydrogens is 270 g/mol. The monoisotopic (exact) mass is 287 g/mol. The van der Waals surface area contributed by atoms with Crippen molar-refractivity contribution in [3.63, 3.8) is 0 Å². The van der Waals surface area contributed by atoms with Crippen LogP contribution in [0.4, 0.5) is 5.69 Å². The van der Waals surface area contributed by atoms with E-state index < -0.39 is 16.0 Å². The Morgan fingerprint density at radius 1 is 1.37 bits per heavy atom. The summed E-state index contributed by atoms with van der Waals surface area (Å²) in [6, 6.07) is 2.92. The Morgan fingerprint density at radius 3 is 2.53 bits per heavy atom. The third-order valence-electron chi connectivity index (χ3n) is 2.73. The van der Waals surface area contributed by atoms with Crippen LogP contribution in [0, 0.1) is 13.8 Å². The van der Waals surface area contributed by atoms with E-state index >= 15 is 0 Å². The number of sulfonamides is 1. The standard InChI is InChI=1S/C12H17NO5S/c1-8-6-10(7-11(9(8)2)12(14)15)13-19(16,17)5-4-18-3/h6-7,13H,4-5H2,1-3H3,(H,14,15). The van der Waals surface area contributed by atoms with Crippen molar-refractivity contribution in [3.05, 3.63) is 28.8 Å². The molecule has 2 N–H and O–H groups in total. The van der Waals surface area contributed by atoms with E-state index in [2.05, 4.69) is 4.72 Å². The van der Waals surface area contributed by atoms with Crippen molar-refractivity contribution in [3.8, 4) is 0 Å². The summed E-state index contributed by atoms with van der Waals surface area (Å²) < 4.78 is 30.4. The molecule has 0 aromatic heterocycles. The summed E-state index contributed by atoms with van der Waals surface area (Å²) in [4.78, 5) is 11.1. The molecule has 0 unspecified atom stereocenters. The van der Waals surface area contributed by atoms with Crippen LogP contribution in [0.5, 0.6) is 0 Å². The number of carbonyl (C=O) groups is 1. The van der Waals surface area contributed by atoms with Crippen LogP contribution in [-0.4, -0.2) is 39.0 Å². The van der Waals surface area contributed by atoms with Crippen LogP contribution in [0.15, 0.2) is 12.1 Å². The Balaban J connectivity index is 3.06. The summed E-state index contributed by atoms with van der Waals surface area (Å²) >= 11 is 0. The normalized spacial score (nSPS) is 11.3. The highest BCUT2D eigenvalue weighted by atomic mass is 32.2. The number of carboxylic acid groups (broad SMARTS) is 1. The summed E-state index contributed by atoms with van der Waals surface area (Å²) in [6.45, 7) is 3.49. The second-order valence-electron chi connectivity index (χ2n) is 4.18. The van der Waals surface area contributed by atoms with Gasteiger partial charge in [-0.2, -0.15) is 0 Å². The molecule has 1 rings (SSSR count). The first-order valence-electron chi connectivity index (χ1n) is 5.61. The molecule has 0 fully saturated rings. The van der Waals surface area contributed by atoms with Gasteiger partial charge in [0.15, 0.2) is 0 Å². The smallest absolute Gasteiger partial charge is 0.336 e. The van der Waals surface area contributed by atoms with Crippen LogP contribution in [-0.2, 0) is 14.8 Å². The molecule has 106 valence electrons. The molecule has 0 bridgehead atoms. The van der Waals surface area contributed by atoms with E-state index in [-0.39, 0.29) is 23.6 Å². The van der Waals surface area contributed by atoms with E-state index in [1.165, 1.54) is 13.2 Å². The summed E-state index contributed by atoms with van der Waals surface area (Å²) in [7, 11) is -2.13. The van der Waals surface area contributed by atoms with E-state index in [0.29, 0.717) is 11.1 Å². The van der Waals surface area contributed by atoms with E-state index in [4.69, 9.17) is 9.84 Å². The number of nitrogens with one attached hydrogen (secondary N) is 1. The molecule has 0 aliphatic rings. The lowest BCUT2D eigenvalue weighted by Crippen LogP contribution is -2.20. The third-order valence-corrected chi connectivity index (χ3v) is 3.98. The fraction of sp³-hybridized carbons (Fsp3) is 0.417. The van der Waals surface area contributed by atoms with Gasteiger partial charge in [-0.3, -0.25) is 4.72 Å². The van der Waals surface area contributed by atoms with Gasteiger partial charge in [0.2, 0.25) is 10.0 Å². The van der Waals surface area contributed by atoms with Crippen molar-refractivity contribution in [1.82, 2.24) is 0 Å². The van der Waals surface area contributed by atoms with Gasteiger partial charge in [0, 0.05) is 12.8 Å². The molecule has 0 saturated carbocycles. The zero-order valence-corrected chi connectivity index (χ0v) is 11.9. The van der Waals surface area contributed by atoms with Gasteiger partial charge >= 0.3 is 5.97 Å². The lowest BCUT2D eigenvalue weighted by Gasteiger charge is -2.11. The van der Waals surface area contributed by atoms with Gasteiger partial charge in [-0.1, -0.05) is 0 Å². The number of methoxy groups -OCH3 is 1. The highest BCUT2D eigenvalue weighted by Crippen LogP contribution is 2.21. The van der Waals surface area contributed by atoms with Crippen LogP contribution in [0.2, 0.25) is 0 Å². The van der Waals surface area contributed by atoms with Crippen molar-refractivity contribution in [2.24, 2.45) is 0 Å². The summed E-state index contributed by atoms with van der Waals surface area (Å²) in [5, 5.41) is 9.06. The Labute approximate surface area is 112 Å². The molecule has 1 aromatic rings. The van der Waals surface area contributed by atoms with Gasteiger partial charge < -0.3 is 9.84 Å². The Kier molecular flexibility index (Phi) is 4.90. The molecule has 0 aliphatic carbocycles. The van der Waals surface area contributed by atoms with Crippen LogP contribution >= 0.6 is 0 Å². The minimum Gasteiger partial charge on any atom is -0.478 e. The van der Waals surface area contributed by atoms with Crippen molar-refractivity contribution < 1.29 is 23.1 Å². The zero-order valence-electron chi connectivity index (χ0n) is 11.1. The minimum atomic E-state index is -3.54. The lowest BCUT2D eigenvalue weighted by molar-refractivity contribution is 0.0696. The molecule has 19 heavy (non-hydrogen) atoms. The molecule has 6 nitrogen and oxygen atoms in total. The molecule has 0 atom stereocenters. The number of aryl methyl sites for hydroxylation is 1. The molecule has 0 heterocycles. The maximum absolute atomic E-state index is 11.7. The average molecular weight is 287 g/mol. The Bertz CT molecular complexity index is 580. The molecule has 0 radical (unpaired) electrons. The number of hydrogen-bond acceptors (Lipinski definition) is 4. The first-order valence-corrected chi connectivity index (χ1v) is 7.26. The quantitative estimate of drug-likeness (QED) is 0.824. The van der Waals surface area contributed by atoms with E-state index in [1.807, 2.05) is 0 Å². The maximum atomic E-state index is 11.7. The van der Waals surface area contributed by atoms with Crippen molar-refractivity contribution in [1.29, 1.82) is 0 Å². The lowest BCUT2D eigenvalue weighted by atomic mass is 10.0. The highest BCUT2D eigenvalue weighted by Gasteiger charge is 2.15. The van der Waals surface area contributed by atoms with Crippen LogP contribution in [0.3, 0.4) is 0 Å². The predicted molar refractivity (Wildman–Crippen MR) is 72.2 cm³/mol. The number of ether oxygens (including phenoxy) is 1. The summed E-state index contributed by atoms with van der Waals surface area (Å²) in [6.07, 6.45) is 0. The summed E-state index contributed by atoms with van der Waals surface area (Å²) in [5.41, 5.74) is 1.66. The van der Waals surface area contributed by atoms with Gasteiger partial charge in [-0.15, -0.1) is 0 Å². The van der Waals surface area contributed by atoms with Gasteiger partial charge in [0.05, 0.1) is 17.9 Å². The number of anilines is 1. The van der Waals surface area contributed by atoms with E-state index in [0.717, 1.165) is 0 Å². The van der Waals surface area contributed by atoms with E-state index in [1.54, 1.807) is 19.9 Å². The first-order chi connectivity index (χ1) is 8.76.